The van der Waals surface area contributed by atoms with Gasteiger partial charge in [-0.3, -0.25) is 9.69 Å². The fraction of sp³-hybridized carbons (Fsp3) is 0.235. The summed E-state index contributed by atoms with van der Waals surface area (Å²) in [6.07, 6.45) is 1.77. The van der Waals surface area contributed by atoms with Crippen LogP contribution < -0.4 is 4.90 Å². The first-order valence-corrected chi connectivity index (χ1v) is 8.09. The van der Waals surface area contributed by atoms with Gasteiger partial charge in [-0.25, -0.2) is 9.50 Å². The van der Waals surface area contributed by atoms with Gasteiger partial charge in [0, 0.05) is 24.3 Å². The molecule has 4 rings (SSSR count). The Bertz CT molecular complexity index is 905. The van der Waals surface area contributed by atoms with Crippen molar-refractivity contribution in [2.45, 2.75) is 0 Å². The second-order valence-electron chi connectivity index (χ2n) is 5.90. The van der Waals surface area contributed by atoms with Gasteiger partial charge in [0.1, 0.15) is 5.15 Å². The summed E-state index contributed by atoms with van der Waals surface area (Å²) < 4.78 is 1.72. The fourth-order valence-electron chi connectivity index (χ4n) is 2.92. The van der Waals surface area contributed by atoms with Crippen LogP contribution in [0.25, 0.3) is 16.9 Å². The van der Waals surface area contributed by atoms with Gasteiger partial charge in [0.15, 0.2) is 5.65 Å². The van der Waals surface area contributed by atoms with Crippen LogP contribution in [-0.4, -0.2) is 52.1 Å². The Morgan fingerprint density at radius 3 is 2.62 bits per heavy atom. The van der Waals surface area contributed by atoms with E-state index in [-0.39, 0.29) is 5.91 Å². The number of carbonyl (C=O) groups excluding carboxylic acids is 1. The van der Waals surface area contributed by atoms with Gasteiger partial charge in [0.2, 0.25) is 5.91 Å². The predicted molar refractivity (Wildman–Crippen MR) is 93.3 cm³/mol. The Kier molecular flexibility index (Phi) is 3.70. The molecule has 0 saturated carbocycles. The van der Waals surface area contributed by atoms with Crippen LogP contribution in [0.2, 0.25) is 5.15 Å². The summed E-state index contributed by atoms with van der Waals surface area (Å²) in [4.78, 5) is 20.4. The van der Waals surface area contributed by atoms with Crippen LogP contribution in [-0.2, 0) is 4.79 Å². The van der Waals surface area contributed by atoms with E-state index in [4.69, 9.17) is 11.6 Å². The van der Waals surface area contributed by atoms with Crippen molar-refractivity contribution in [2.75, 3.05) is 31.6 Å². The number of piperazine rings is 1. The van der Waals surface area contributed by atoms with Crippen molar-refractivity contribution in [3.8, 4) is 11.3 Å². The van der Waals surface area contributed by atoms with E-state index < -0.39 is 0 Å². The first-order valence-electron chi connectivity index (χ1n) is 7.71. The summed E-state index contributed by atoms with van der Waals surface area (Å²) in [5.74, 6) is 0.125. The normalized spacial score (nSPS) is 16.1. The third-order valence-corrected chi connectivity index (χ3v) is 4.42. The first-order chi connectivity index (χ1) is 11.6. The van der Waals surface area contributed by atoms with Crippen molar-refractivity contribution >= 4 is 28.8 Å². The third-order valence-electron chi connectivity index (χ3n) is 4.22. The lowest BCUT2D eigenvalue weighted by Gasteiger charge is -2.32. The number of rotatable bonds is 2. The molecular formula is C17H16ClN5O. The van der Waals surface area contributed by atoms with Crippen LogP contribution in [0.4, 0.5) is 5.69 Å². The molecular weight excluding hydrogens is 326 g/mol. The van der Waals surface area contributed by atoms with Crippen molar-refractivity contribution in [1.82, 2.24) is 19.5 Å². The van der Waals surface area contributed by atoms with Gasteiger partial charge in [-0.05, 0) is 31.3 Å². The highest BCUT2D eigenvalue weighted by Gasteiger charge is 2.22. The lowest BCUT2D eigenvalue weighted by molar-refractivity contribution is -0.120. The Labute approximate surface area is 144 Å². The van der Waals surface area contributed by atoms with Gasteiger partial charge in [-0.15, -0.1) is 0 Å². The standard InChI is InChI=1S/C17H16ClN5O/c1-21-8-9-22(17(24)11-21)13-4-2-12(3-5-13)14-10-19-16-7-6-15(18)20-23(14)16/h2-7,10H,8-9,11H2,1H3. The van der Waals surface area contributed by atoms with E-state index in [0.29, 0.717) is 18.2 Å². The van der Waals surface area contributed by atoms with Crippen LogP contribution in [0.1, 0.15) is 0 Å². The molecule has 1 saturated heterocycles. The Balaban J connectivity index is 1.66. The number of hydrogen-bond acceptors (Lipinski definition) is 4. The number of hydrogen-bond donors (Lipinski definition) is 0. The van der Waals surface area contributed by atoms with Gasteiger partial charge in [0.05, 0.1) is 18.4 Å². The molecule has 24 heavy (non-hydrogen) atoms. The number of carbonyl (C=O) groups is 1. The molecule has 1 aliphatic rings. The molecule has 1 amide bonds. The second kappa shape index (κ2) is 5.89. The number of benzene rings is 1. The smallest absolute Gasteiger partial charge is 0.241 e. The first kappa shape index (κ1) is 15.1. The SMILES string of the molecule is CN1CCN(c2ccc(-c3cnc4ccc(Cl)nn34)cc2)C(=O)C1. The van der Waals surface area contributed by atoms with Crippen LogP contribution >= 0.6 is 11.6 Å². The van der Waals surface area contributed by atoms with Crippen molar-refractivity contribution in [2.24, 2.45) is 0 Å². The summed E-state index contributed by atoms with van der Waals surface area (Å²) in [7, 11) is 1.96. The molecule has 0 aliphatic carbocycles. The van der Waals surface area contributed by atoms with Crippen LogP contribution in [0, 0.1) is 0 Å². The minimum Gasteiger partial charge on any atom is -0.310 e. The average molecular weight is 342 g/mol. The Hall–Kier alpha value is -2.44. The van der Waals surface area contributed by atoms with Crippen molar-refractivity contribution < 1.29 is 4.79 Å². The number of nitrogens with zero attached hydrogens (tertiary/aromatic N) is 5. The summed E-state index contributed by atoms with van der Waals surface area (Å²) in [5, 5.41) is 4.71. The molecule has 1 fully saturated rings. The fourth-order valence-corrected chi connectivity index (χ4v) is 3.06. The minimum absolute atomic E-state index is 0.125. The number of anilines is 1. The molecule has 0 radical (unpaired) electrons. The summed E-state index contributed by atoms with van der Waals surface area (Å²) in [6.45, 7) is 2.04. The molecule has 6 nitrogen and oxygen atoms in total. The summed E-state index contributed by atoms with van der Waals surface area (Å²) >= 11 is 5.98. The zero-order chi connectivity index (χ0) is 16.7. The molecule has 0 unspecified atom stereocenters. The van der Waals surface area contributed by atoms with Crippen molar-refractivity contribution in [1.29, 1.82) is 0 Å². The molecule has 1 aliphatic heterocycles. The second-order valence-corrected chi connectivity index (χ2v) is 6.29. The molecule has 3 aromatic rings. The number of halogens is 1. The van der Waals surface area contributed by atoms with E-state index in [9.17, 15) is 4.79 Å². The highest BCUT2D eigenvalue weighted by molar-refractivity contribution is 6.29. The quantitative estimate of drug-likeness (QED) is 0.718. The molecule has 0 atom stereocenters. The zero-order valence-corrected chi connectivity index (χ0v) is 13.9. The van der Waals surface area contributed by atoms with Gasteiger partial charge in [0.25, 0.3) is 0 Å². The maximum atomic E-state index is 12.2. The maximum absolute atomic E-state index is 12.2. The summed E-state index contributed by atoms with van der Waals surface area (Å²) in [5.41, 5.74) is 3.50. The lowest BCUT2D eigenvalue weighted by Crippen LogP contribution is -2.48. The number of imidazole rings is 1. The Morgan fingerprint density at radius 2 is 1.88 bits per heavy atom. The molecule has 7 heteroatoms. The number of likely N-dealkylation sites (N-methyl/N-ethyl adjacent to an activating group) is 1. The Morgan fingerprint density at radius 1 is 1.08 bits per heavy atom. The van der Waals surface area contributed by atoms with E-state index in [1.807, 2.05) is 47.2 Å². The third kappa shape index (κ3) is 2.64. The van der Waals surface area contributed by atoms with E-state index in [1.165, 1.54) is 0 Å². The highest BCUT2D eigenvalue weighted by Crippen LogP contribution is 2.25. The van der Waals surface area contributed by atoms with Gasteiger partial charge in [-0.1, -0.05) is 23.7 Å². The largest absolute Gasteiger partial charge is 0.310 e. The molecule has 0 bridgehead atoms. The molecule has 0 spiro atoms. The van der Waals surface area contributed by atoms with Crippen LogP contribution in [0.15, 0.2) is 42.6 Å². The topological polar surface area (TPSA) is 53.7 Å². The maximum Gasteiger partial charge on any atom is 0.241 e. The van der Waals surface area contributed by atoms with Crippen LogP contribution in [0.5, 0.6) is 0 Å². The van der Waals surface area contributed by atoms with Crippen LogP contribution in [0.3, 0.4) is 0 Å². The van der Waals surface area contributed by atoms with E-state index in [1.54, 1.807) is 16.8 Å². The molecule has 122 valence electrons. The monoisotopic (exact) mass is 341 g/mol. The molecule has 3 heterocycles. The predicted octanol–water partition coefficient (Wildman–Crippen LogP) is 2.33. The minimum atomic E-state index is 0.125. The number of amides is 1. The lowest BCUT2D eigenvalue weighted by atomic mass is 10.1. The molecule has 1 aromatic carbocycles. The van der Waals surface area contributed by atoms with E-state index in [0.717, 1.165) is 29.1 Å². The molecule has 0 N–H and O–H groups in total. The average Bonchev–Trinajstić information content (AvgIpc) is 2.98. The van der Waals surface area contributed by atoms with Gasteiger partial charge < -0.3 is 4.90 Å². The van der Waals surface area contributed by atoms with Crippen molar-refractivity contribution in [3.05, 3.63) is 47.7 Å². The highest BCUT2D eigenvalue weighted by atomic mass is 35.5. The number of fused-ring (bicyclic) bond motifs is 1. The van der Waals surface area contributed by atoms with Gasteiger partial charge >= 0.3 is 0 Å². The van der Waals surface area contributed by atoms with Crippen molar-refractivity contribution in [3.63, 3.8) is 0 Å². The number of aromatic nitrogens is 3. The van der Waals surface area contributed by atoms with Gasteiger partial charge in [-0.2, -0.15) is 5.10 Å². The zero-order valence-electron chi connectivity index (χ0n) is 13.2. The van der Waals surface area contributed by atoms with E-state index >= 15 is 0 Å². The van der Waals surface area contributed by atoms with E-state index in [2.05, 4.69) is 10.1 Å². The summed E-state index contributed by atoms with van der Waals surface area (Å²) in [6, 6.07) is 11.4. The molecule has 2 aromatic heterocycles.